The van der Waals surface area contributed by atoms with Gasteiger partial charge in [-0.15, -0.1) is 0 Å². The predicted octanol–water partition coefficient (Wildman–Crippen LogP) is 4.97. The van der Waals surface area contributed by atoms with Crippen LogP contribution < -0.4 is 0 Å². The first-order valence-corrected chi connectivity index (χ1v) is 10.0. The van der Waals surface area contributed by atoms with Crippen molar-refractivity contribution in [1.82, 2.24) is 0 Å². The molecule has 1 aromatic rings. The van der Waals surface area contributed by atoms with E-state index < -0.39 is 9.84 Å². The van der Waals surface area contributed by atoms with Crippen molar-refractivity contribution in [1.29, 1.82) is 0 Å². The highest BCUT2D eigenvalue weighted by Crippen LogP contribution is 2.26. The van der Waals surface area contributed by atoms with Crippen LogP contribution in [0.15, 0.2) is 33.6 Å². The average molecular weight is 359 g/mol. The Bertz CT molecular complexity index is 500. The van der Waals surface area contributed by atoms with Crippen molar-refractivity contribution in [3.8, 4) is 0 Å². The summed E-state index contributed by atoms with van der Waals surface area (Å²) in [7, 11) is -3.12. The molecule has 0 heterocycles. The SMILES string of the molecule is O=S(=O)(CCC1CCCCCCC1)c1ccc(Br)cc1. The molecule has 0 amide bonds. The molecule has 4 heteroatoms. The minimum atomic E-state index is -3.12. The maximum Gasteiger partial charge on any atom is 0.178 e. The van der Waals surface area contributed by atoms with E-state index in [2.05, 4.69) is 15.9 Å². The summed E-state index contributed by atoms with van der Waals surface area (Å²) in [6.45, 7) is 0. The van der Waals surface area contributed by atoms with Gasteiger partial charge in [-0.1, -0.05) is 60.9 Å². The smallest absolute Gasteiger partial charge is 0.178 e. The fourth-order valence-electron chi connectivity index (χ4n) is 2.91. The number of hydrogen-bond acceptors (Lipinski definition) is 2. The highest BCUT2D eigenvalue weighted by molar-refractivity contribution is 9.10. The van der Waals surface area contributed by atoms with Gasteiger partial charge in [-0.2, -0.15) is 0 Å². The van der Waals surface area contributed by atoms with Crippen molar-refractivity contribution < 1.29 is 8.42 Å². The van der Waals surface area contributed by atoms with Gasteiger partial charge in [0.1, 0.15) is 0 Å². The van der Waals surface area contributed by atoms with Crippen molar-refractivity contribution >= 4 is 25.8 Å². The summed E-state index contributed by atoms with van der Waals surface area (Å²) >= 11 is 3.33. The first kappa shape index (κ1) is 16.0. The number of hydrogen-bond donors (Lipinski definition) is 0. The topological polar surface area (TPSA) is 34.1 Å². The van der Waals surface area contributed by atoms with Gasteiger partial charge in [0.15, 0.2) is 9.84 Å². The number of rotatable bonds is 4. The molecular formula is C16H23BrO2S. The van der Waals surface area contributed by atoms with Crippen LogP contribution in [0.2, 0.25) is 0 Å². The van der Waals surface area contributed by atoms with Crippen LogP contribution in [0.5, 0.6) is 0 Å². The Kier molecular flexibility index (Phi) is 6.09. The molecule has 20 heavy (non-hydrogen) atoms. The summed E-state index contributed by atoms with van der Waals surface area (Å²) in [4.78, 5) is 0.451. The van der Waals surface area contributed by atoms with Gasteiger partial charge < -0.3 is 0 Å². The maximum atomic E-state index is 12.3. The molecule has 1 saturated carbocycles. The molecule has 0 bridgehead atoms. The van der Waals surface area contributed by atoms with Crippen molar-refractivity contribution in [2.24, 2.45) is 5.92 Å². The fraction of sp³-hybridized carbons (Fsp3) is 0.625. The second-order valence-electron chi connectivity index (χ2n) is 5.77. The van der Waals surface area contributed by atoms with E-state index in [1.807, 2.05) is 0 Å². The van der Waals surface area contributed by atoms with Crippen molar-refractivity contribution in [3.63, 3.8) is 0 Å². The monoisotopic (exact) mass is 358 g/mol. The van der Waals surface area contributed by atoms with Gasteiger partial charge in [0.2, 0.25) is 0 Å². The van der Waals surface area contributed by atoms with Crippen molar-refractivity contribution in [2.75, 3.05) is 5.75 Å². The lowest BCUT2D eigenvalue weighted by atomic mass is 9.89. The maximum absolute atomic E-state index is 12.3. The lowest BCUT2D eigenvalue weighted by Crippen LogP contribution is -2.13. The van der Waals surface area contributed by atoms with Crippen LogP contribution in [0.1, 0.15) is 51.4 Å². The molecule has 2 rings (SSSR count). The minimum Gasteiger partial charge on any atom is -0.224 e. The lowest BCUT2D eigenvalue weighted by molar-refractivity contribution is 0.369. The zero-order valence-corrected chi connectivity index (χ0v) is 14.3. The summed E-state index contributed by atoms with van der Waals surface area (Å²) < 4.78 is 25.6. The molecule has 1 aliphatic rings. The number of benzene rings is 1. The first-order chi connectivity index (χ1) is 9.58. The Morgan fingerprint density at radius 1 is 0.950 bits per heavy atom. The molecule has 0 unspecified atom stereocenters. The molecule has 0 aliphatic heterocycles. The fourth-order valence-corrected chi connectivity index (χ4v) is 4.61. The van der Waals surface area contributed by atoms with Crippen LogP contribution in [0.3, 0.4) is 0 Å². The van der Waals surface area contributed by atoms with Crippen LogP contribution in [0, 0.1) is 5.92 Å². The molecule has 0 spiro atoms. The molecule has 0 saturated heterocycles. The van der Waals surface area contributed by atoms with E-state index in [4.69, 9.17) is 0 Å². The van der Waals surface area contributed by atoms with E-state index in [9.17, 15) is 8.42 Å². The standard InChI is InChI=1S/C16H23BrO2S/c17-15-8-10-16(11-9-15)20(18,19)13-12-14-6-4-2-1-3-5-7-14/h8-11,14H,1-7,12-13H2. The molecule has 0 atom stereocenters. The Morgan fingerprint density at radius 2 is 1.50 bits per heavy atom. The quantitative estimate of drug-likeness (QED) is 0.760. The molecule has 0 N–H and O–H groups in total. The Labute approximate surface area is 131 Å². The van der Waals surface area contributed by atoms with Crippen LogP contribution in [0.25, 0.3) is 0 Å². The minimum absolute atomic E-state index is 0.291. The van der Waals surface area contributed by atoms with Gasteiger partial charge in [-0.3, -0.25) is 0 Å². The molecule has 1 aromatic carbocycles. The van der Waals surface area contributed by atoms with Crippen LogP contribution in [-0.2, 0) is 9.84 Å². The van der Waals surface area contributed by atoms with E-state index in [1.54, 1.807) is 24.3 Å². The molecule has 1 fully saturated rings. The van der Waals surface area contributed by atoms with E-state index in [0.29, 0.717) is 16.6 Å². The normalized spacial score (nSPS) is 18.4. The van der Waals surface area contributed by atoms with Crippen LogP contribution in [0.4, 0.5) is 0 Å². The van der Waals surface area contributed by atoms with Gasteiger partial charge in [0.25, 0.3) is 0 Å². The Morgan fingerprint density at radius 3 is 2.10 bits per heavy atom. The van der Waals surface area contributed by atoms with Gasteiger partial charge >= 0.3 is 0 Å². The molecular weight excluding hydrogens is 336 g/mol. The highest BCUT2D eigenvalue weighted by Gasteiger charge is 2.18. The van der Waals surface area contributed by atoms with E-state index >= 15 is 0 Å². The summed E-state index contributed by atoms with van der Waals surface area (Å²) in [5, 5.41) is 0. The molecule has 0 radical (unpaired) electrons. The van der Waals surface area contributed by atoms with Crippen LogP contribution >= 0.6 is 15.9 Å². The first-order valence-electron chi connectivity index (χ1n) is 7.56. The summed E-state index contributed by atoms with van der Waals surface area (Å²) in [6.07, 6.45) is 9.74. The van der Waals surface area contributed by atoms with E-state index in [0.717, 1.165) is 10.9 Å². The van der Waals surface area contributed by atoms with Gasteiger partial charge in [0, 0.05) is 4.47 Å². The highest BCUT2D eigenvalue weighted by atomic mass is 79.9. The molecule has 2 nitrogen and oxygen atoms in total. The summed E-state index contributed by atoms with van der Waals surface area (Å²) in [6, 6.07) is 6.97. The van der Waals surface area contributed by atoms with Gasteiger partial charge in [-0.05, 0) is 36.6 Å². The Hall–Kier alpha value is -0.350. The van der Waals surface area contributed by atoms with Crippen molar-refractivity contribution in [3.05, 3.63) is 28.7 Å². The zero-order chi connectivity index (χ0) is 14.4. The van der Waals surface area contributed by atoms with Crippen LogP contribution in [-0.4, -0.2) is 14.2 Å². The van der Waals surface area contributed by atoms with Crippen molar-refractivity contribution in [2.45, 2.75) is 56.3 Å². The third-order valence-electron chi connectivity index (χ3n) is 4.19. The number of sulfone groups is 1. The molecule has 1 aliphatic carbocycles. The predicted molar refractivity (Wildman–Crippen MR) is 86.6 cm³/mol. The summed E-state index contributed by atoms with van der Waals surface area (Å²) in [5.41, 5.74) is 0. The molecule has 0 aromatic heterocycles. The van der Waals surface area contributed by atoms with Gasteiger partial charge in [-0.25, -0.2) is 8.42 Å². The lowest BCUT2D eigenvalue weighted by Gasteiger charge is -2.19. The van der Waals surface area contributed by atoms with Gasteiger partial charge in [0.05, 0.1) is 10.6 Å². The molecule has 112 valence electrons. The zero-order valence-electron chi connectivity index (χ0n) is 11.9. The van der Waals surface area contributed by atoms with E-state index in [1.165, 1.54) is 44.9 Å². The largest absolute Gasteiger partial charge is 0.224 e. The summed E-state index contributed by atoms with van der Waals surface area (Å²) in [5.74, 6) is 0.889. The van der Waals surface area contributed by atoms with E-state index in [-0.39, 0.29) is 0 Å². The second kappa shape index (κ2) is 7.60. The third kappa shape index (κ3) is 4.88. The third-order valence-corrected chi connectivity index (χ3v) is 6.48. The Balaban J connectivity index is 1.92. The average Bonchev–Trinajstić information content (AvgIpc) is 2.38. The second-order valence-corrected chi connectivity index (χ2v) is 8.80. The number of halogens is 1.